The number of rotatable bonds is 3. The van der Waals surface area contributed by atoms with Gasteiger partial charge < -0.3 is 15.5 Å². The Morgan fingerprint density at radius 2 is 1.91 bits per heavy atom. The highest BCUT2D eigenvalue weighted by atomic mass is 35.5. The highest BCUT2D eigenvalue weighted by molar-refractivity contribution is 5.90. The molecule has 132 valence electrons. The fourth-order valence-corrected chi connectivity index (χ4v) is 4.48. The Bertz CT molecular complexity index is 440. The lowest BCUT2D eigenvalue weighted by Gasteiger charge is -2.38. The van der Waals surface area contributed by atoms with E-state index in [1.54, 1.807) is 0 Å². The van der Waals surface area contributed by atoms with Crippen molar-refractivity contribution in [1.29, 1.82) is 0 Å². The van der Waals surface area contributed by atoms with Crippen LogP contribution in [0.5, 0.6) is 0 Å². The SMILES string of the molecule is CC(NC(=O)[C@@]12CCCC[C@H]1CNC2)C(=O)N1CCCCC1.Cl. The van der Waals surface area contributed by atoms with E-state index in [2.05, 4.69) is 10.6 Å². The Hall–Kier alpha value is -0.810. The summed E-state index contributed by atoms with van der Waals surface area (Å²) in [7, 11) is 0. The molecule has 1 saturated carbocycles. The number of hydrogen-bond acceptors (Lipinski definition) is 3. The van der Waals surface area contributed by atoms with Gasteiger partial charge in [-0.1, -0.05) is 12.8 Å². The van der Waals surface area contributed by atoms with E-state index >= 15 is 0 Å². The van der Waals surface area contributed by atoms with Crippen LogP contribution in [0.3, 0.4) is 0 Å². The fraction of sp³-hybridized carbons (Fsp3) is 0.882. The van der Waals surface area contributed by atoms with Crippen LogP contribution in [0.2, 0.25) is 0 Å². The number of carbonyl (C=O) groups is 2. The predicted octanol–water partition coefficient (Wildman–Crippen LogP) is 1.71. The van der Waals surface area contributed by atoms with Gasteiger partial charge in [0, 0.05) is 19.6 Å². The third kappa shape index (κ3) is 3.66. The van der Waals surface area contributed by atoms with Crippen molar-refractivity contribution in [3.8, 4) is 0 Å². The zero-order chi connectivity index (χ0) is 15.6. The van der Waals surface area contributed by atoms with E-state index < -0.39 is 6.04 Å². The number of likely N-dealkylation sites (tertiary alicyclic amines) is 1. The number of piperidine rings is 1. The Morgan fingerprint density at radius 3 is 2.65 bits per heavy atom. The molecule has 2 N–H and O–H groups in total. The molecule has 0 aromatic rings. The van der Waals surface area contributed by atoms with Crippen LogP contribution in [0.1, 0.15) is 51.9 Å². The van der Waals surface area contributed by atoms with Gasteiger partial charge in [0.25, 0.3) is 0 Å². The van der Waals surface area contributed by atoms with Crippen LogP contribution in [-0.4, -0.2) is 48.9 Å². The molecule has 0 spiro atoms. The molecule has 3 atom stereocenters. The molecular formula is C17H30ClN3O2. The van der Waals surface area contributed by atoms with Crippen molar-refractivity contribution in [1.82, 2.24) is 15.5 Å². The molecule has 2 saturated heterocycles. The Morgan fingerprint density at radius 1 is 1.17 bits per heavy atom. The largest absolute Gasteiger partial charge is 0.344 e. The summed E-state index contributed by atoms with van der Waals surface area (Å²) in [5.74, 6) is 0.626. The summed E-state index contributed by atoms with van der Waals surface area (Å²) in [6.07, 6.45) is 7.82. The summed E-state index contributed by atoms with van der Waals surface area (Å²) >= 11 is 0. The van der Waals surface area contributed by atoms with Gasteiger partial charge in [0.15, 0.2) is 0 Å². The molecular weight excluding hydrogens is 314 g/mol. The first-order valence-electron chi connectivity index (χ1n) is 8.94. The maximum atomic E-state index is 12.9. The molecule has 5 nitrogen and oxygen atoms in total. The molecule has 3 fully saturated rings. The van der Waals surface area contributed by atoms with Crippen LogP contribution in [0, 0.1) is 11.3 Å². The number of hydrogen-bond donors (Lipinski definition) is 2. The number of fused-ring (bicyclic) bond motifs is 1. The maximum absolute atomic E-state index is 12.9. The van der Waals surface area contributed by atoms with Gasteiger partial charge in [-0.3, -0.25) is 9.59 Å². The van der Waals surface area contributed by atoms with E-state index in [0.717, 1.165) is 58.3 Å². The van der Waals surface area contributed by atoms with Crippen molar-refractivity contribution >= 4 is 24.2 Å². The molecule has 0 bridgehead atoms. The van der Waals surface area contributed by atoms with Gasteiger partial charge in [0.1, 0.15) is 6.04 Å². The molecule has 2 aliphatic heterocycles. The first-order chi connectivity index (χ1) is 10.6. The molecule has 2 heterocycles. The zero-order valence-corrected chi connectivity index (χ0v) is 14.9. The van der Waals surface area contributed by atoms with E-state index in [0.29, 0.717) is 5.92 Å². The third-order valence-electron chi connectivity index (χ3n) is 5.88. The summed E-state index contributed by atoms with van der Waals surface area (Å²) in [4.78, 5) is 27.3. The molecule has 3 aliphatic rings. The minimum Gasteiger partial charge on any atom is -0.344 e. The van der Waals surface area contributed by atoms with Crippen LogP contribution in [0.25, 0.3) is 0 Å². The van der Waals surface area contributed by atoms with Crippen LogP contribution in [0.4, 0.5) is 0 Å². The lowest BCUT2D eigenvalue weighted by molar-refractivity contribution is -0.141. The second kappa shape index (κ2) is 7.84. The summed E-state index contributed by atoms with van der Waals surface area (Å²) in [5, 5.41) is 6.43. The van der Waals surface area contributed by atoms with Crippen LogP contribution < -0.4 is 10.6 Å². The molecule has 0 aromatic carbocycles. The molecule has 3 rings (SSSR count). The predicted molar refractivity (Wildman–Crippen MR) is 92.5 cm³/mol. The Labute approximate surface area is 145 Å². The van der Waals surface area contributed by atoms with Crippen molar-refractivity contribution in [2.24, 2.45) is 11.3 Å². The normalized spacial score (nSPS) is 31.7. The van der Waals surface area contributed by atoms with Gasteiger partial charge >= 0.3 is 0 Å². The number of nitrogens with one attached hydrogen (secondary N) is 2. The zero-order valence-electron chi connectivity index (χ0n) is 14.1. The lowest BCUT2D eigenvalue weighted by atomic mass is 9.67. The standard InChI is InChI=1S/C17H29N3O2.ClH/c1-13(15(21)20-9-5-2-6-10-20)19-16(22)17-8-4-3-7-14(17)11-18-12-17;/h13-14,18H,2-12H2,1H3,(H,19,22);1H/t13?,14-,17+;/m0./s1. The minimum absolute atomic E-state index is 0. The van der Waals surface area contributed by atoms with Crippen molar-refractivity contribution in [3.63, 3.8) is 0 Å². The van der Waals surface area contributed by atoms with Crippen molar-refractivity contribution in [3.05, 3.63) is 0 Å². The van der Waals surface area contributed by atoms with Gasteiger partial charge in [-0.15, -0.1) is 12.4 Å². The summed E-state index contributed by atoms with van der Waals surface area (Å²) in [6.45, 7) is 5.24. The van der Waals surface area contributed by atoms with E-state index in [1.165, 1.54) is 12.8 Å². The molecule has 1 unspecified atom stereocenters. The average Bonchev–Trinajstić information content (AvgIpc) is 3.00. The smallest absolute Gasteiger partial charge is 0.244 e. The first kappa shape index (κ1) is 18.5. The van der Waals surface area contributed by atoms with Crippen molar-refractivity contribution in [2.75, 3.05) is 26.2 Å². The number of nitrogens with zero attached hydrogens (tertiary/aromatic N) is 1. The van der Waals surface area contributed by atoms with Crippen LogP contribution >= 0.6 is 12.4 Å². The average molecular weight is 344 g/mol. The lowest BCUT2D eigenvalue weighted by Crippen LogP contribution is -2.54. The number of carbonyl (C=O) groups excluding carboxylic acids is 2. The Kier molecular flexibility index (Phi) is 6.32. The molecule has 23 heavy (non-hydrogen) atoms. The van der Waals surface area contributed by atoms with Crippen LogP contribution in [0.15, 0.2) is 0 Å². The van der Waals surface area contributed by atoms with E-state index in [1.807, 2.05) is 11.8 Å². The van der Waals surface area contributed by atoms with Gasteiger partial charge in [-0.05, 0) is 51.5 Å². The second-order valence-electron chi connectivity index (χ2n) is 7.31. The van der Waals surface area contributed by atoms with Gasteiger partial charge in [0.05, 0.1) is 5.41 Å². The van der Waals surface area contributed by atoms with E-state index in [9.17, 15) is 9.59 Å². The second-order valence-corrected chi connectivity index (χ2v) is 7.31. The fourth-order valence-electron chi connectivity index (χ4n) is 4.48. The molecule has 1 aliphatic carbocycles. The van der Waals surface area contributed by atoms with Crippen molar-refractivity contribution < 1.29 is 9.59 Å². The highest BCUT2D eigenvalue weighted by Gasteiger charge is 2.50. The third-order valence-corrected chi connectivity index (χ3v) is 5.88. The number of halogens is 1. The van der Waals surface area contributed by atoms with E-state index in [-0.39, 0.29) is 29.6 Å². The number of amides is 2. The van der Waals surface area contributed by atoms with Gasteiger partial charge in [-0.25, -0.2) is 0 Å². The molecule has 2 amide bonds. The van der Waals surface area contributed by atoms with E-state index in [4.69, 9.17) is 0 Å². The Balaban J connectivity index is 0.00000192. The highest BCUT2D eigenvalue weighted by Crippen LogP contribution is 2.43. The van der Waals surface area contributed by atoms with Crippen LogP contribution in [-0.2, 0) is 9.59 Å². The summed E-state index contributed by atoms with van der Waals surface area (Å²) < 4.78 is 0. The summed E-state index contributed by atoms with van der Waals surface area (Å²) in [5.41, 5.74) is -0.269. The summed E-state index contributed by atoms with van der Waals surface area (Å²) in [6, 6.07) is -0.400. The monoisotopic (exact) mass is 343 g/mol. The topological polar surface area (TPSA) is 61.4 Å². The quantitative estimate of drug-likeness (QED) is 0.820. The molecule has 6 heteroatoms. The molecule has 0 radical (unpaired) electrons. The van der Waals surface area contributed by atoms with Crippen molar-refractivity contribution in [2.45, 2.75) is 57.9 Å². The minimum atomic E-state index is -0.400. The molecule has 0 aromatic heterocycles. The van der Waals surface area contributed by atoms with Gasteiger partial charge in [-0.2, -0.15) is 0 Å². The van der Waals surface area contributed by atoms with Gasteiger partial charge in [0.2, 0.25) is 11.8 Å². The maximum Gasteiger partial charge on any atom is 0.244 e. The first-order valence-corrected chi connectivity index (χ1v) is 8.94.